The fourth-order valence-corrected chi connectivity index (χ4v) is 1.97. The summed E-state index contributed by atoms with van der Waals surface area (Å²) in [5, 5.41) is 22.5. The number of aromatic nitrogens is 1. The number of carboxylic acid groups (broad SMARTS) is 1. The van der Waals surface area contributed by atoms with Crippen LogP contribution in [0.2, 0.25) is 0 Å². The quantitative estimate of drug-likeness (QED) is 0.758. The zero-order chi connectivity index (χ0) is 16.3. The molecule has 1 aromatic heterocycles. The number of aliphatic hydroxyl groups is 1. The molecule has 0 aliphatic carbocycles. The molecule has 6 heteroatoms. The number of aliphatic carboxylic acids is 1. The zero-order valence-corrected chi connectivity index (χ0v) is 12.8. The SMILES string of the molecule is CC(C)Oc1ccc2nccc(NCC(C)(O)C(=O)O)c2c1. The van der Waals surface area contributed by atoms with Crippen LogP contribution in [0.1, 0.15) is 20.8 Å². The van der Waals surface area contributed by atoms with Crippen molar-refractivity contribution >= 4 is 22.6 Å². The highest BCUT2D eigenvalue weighted by Crippen LogP contribution is 2.27. The van der Waals surface area contributed by atoms with Gasteiger partial charge in [0, 0.05) is 17.3 Å². The Balaban J connectivity index is 2.31. The molecule has 1 heterocycles. The van der Waals surface area contributed by atoms with Crippen molar-refractivity contribution in [1.82, 2.24) is 4.98 Å². The minimum atomic E-state index is -1.85. The second-order valence-electron chi connectivity index (χ2n) is 5.64. The van der Waals surface area contributed by atoms with E-state index in [2.05, 4.69) is 10.3 Å². The summed E-state index contributed by atoms with van der Waals surface area (Å²) in [6.45, 7) is 5.02. The lowest BCUT2D eigenvalue weighted by molar-refractivity contribution is -0.155. The number of ether oxygens (including phenoxy) is 1. The number of benzene rings is 1. The summed E-state index contributed by atoms with van der Waals surface area (Å²) >= 11 is 0. The first-order chi connectivity index (χ1) is 10.3. The molecule has 1 aromatic carbocycles. The lowest BCUT2D eigenvalue weighted by atomic mass is 10.1. The molecule has 2 rings (SSSR count). The zero-order valence-electron chi connectivity index (χ0n) is 12.8. The largest absolute Gasteiger partial charge is 0.491 e. The van der Waals surface area contributed by atoms with Gasteiger partial charge < -0.3 is 20.3 Å². The Morgan fingerprint density at radius 3 is 2.77 bits per heavy atom. The normalized spacial score (nSPS) is 13.9. The minimum Gasteiger partial charge on any atom is -0.491 e. The summed E-state index contributed by atoms with van der Waals surface area (Å²) in [5.74, 6) is -0.564. The summed E-state index contributed by atoms with van der Waals surface area (Å²) < 4.78 is 5.66. The van der Waals surface area contributed by atoms with Gasteiger partial charge in [0.25, 0.3) is 0 Å². The van der Waals surface area contributed by atoms with Crippen molar-refractivity contribution in [3.8, 4) is 5.75 Å². The van der Waals surface area contributed by atoms with Gasteiger partial charge >= 0.3 is 5.97 Å². The maximum Gasteiger partial charge on any atom is 0.337 e. The topological polar surface area (TPSA) is 91.7 Å². The van der Waals surface area contributed by atoms with Crippen molar-refractivity contribution in [3.05, 3.63) is 30.5 Å². The molecule has 0 spiro atoms. The molecule has 3 N–H and O–H groups in total. The van der Waals surface area contributed by atoms with Crippen molar-refractivity contribution in [2.24, 2.45) is 0 Å². The lowest BCUT2D eigenvalue weighted by Crippen LogP contribution is -2.41. The first-order valence-electron chi connectivity index (χ1n) is 7.04. The molecule has 0 bridgehead atoms. The van der Waals surface area contributed by atoms with Crippen LogP contribution in [-0.2, 0) is 4.79 Å². The molecule has 0 fully saturated rings. The Kier molecular flexibility index (Phi) is 4.51. The average Bonchev–Trinajstić information content (AvgIpc) is 2.44. The van der Waals surface area contributed by atoms with E-state index in [9.17, 15) is 9.90 Å². The number of hydrogen-bond donors (Lipinski definition) is 3. The Morgan fingerprint density at radius 2 is 2.14 bits per heavy atom. The van der Waals surface area contributed by atoms with Crippen LogP contribution in [-0.4, -0.2) is 39.4 Å². The van der Waals surface area contributed by atoms with E-state index in [1.165, 1.54) is 6.92 Å². The lowest BCUT2D eigenvalue weighted by Gasteiger charge is -2.20. The molecule has 1 atom stereocenters. The van der Waals surface area contributed by atoms with Crippen LogP contribution >= 0.6 is 0 Å². The fourth-order valence-electron chi connectivity index (χ4n) is 1.97. The first kappa shape index (κ1) is 16.0. The summed E-state index contributed by atoms with van der Waals surface area (Å²) in [6.07, 6.45) is 1.68. The smallest absolute Gasteiger partial charge is 0.337 e. The Morgan fingerprint density at radius 1 is 1.41 bits per heavy atom. The number of hydrogen-bond acceptors (Lipinski definition) is 5. The van der Waals surface area contributed by atoms with E-state index in [-0.39, 0.29) is 12.6 Å². The van der Waals surface area contributed by atoms with Crippen molar-refractivity contribution in [3.63, 3.8) is 0 Å². The molecular weight excluding hydrogens is 284 g/mol. The molecule has 0 amide bonds. The van der Waals surface area contributed by atoms with Gasteiger partial charge in [-0.3, -0.25) is 4.98 Å². The summed E-state index contributed by atoms with van der Waals surface area (Å²) in [4.78, 5) is 15.2. The number of nitrogens with one attached hydrogen (secondary N) is 1. The van der Waals surface area contributed by atoms with E-state index in [1.54, 1.807) is 12.3 Å². The molecule has 0 radical (unpaired) electrons. The average molecular weight is 304 g/mol. The van der Waals surface area contributed by atoms with Crippen molar-refractivity contribution in [1.29, 1.82) is 0 Å². The fraction of sp³-hybridized carbons (Fsp3) is 0.375. The van der Waals surface area contributed by atoms with Gasteiger partial charge in [-0.25, -0.2) is 4.79 Å². The number of nitrogens with zero attached hydrogens (tertiary/aromatic N) is 1. The van der Waals surface area contributed by atoms with Gasteiger partial charge in [-0.2, -0.15) is 0 Å². The van der Waals surface area contributed by atoms with E-state index in [0.717, 1.165) is 10.9 Å². The van der Waals surface area contributed by atoms with Crippen molar-refractivity contribution < 1.29 is 19.7 Å². The van der Waals surface area contributed by atoms with Crippen LogP contribution in [0.25, 0.3) is 10.9 Å². The van der Waals surface area contributed by atoms with E-state index in [4.69, 9.17) is 9.84 Å². The predicted octanol–water partition coefficient (Wildman–Crippen LogP) is 2.27. The highest BCUT2D eigenvalue weighted by Gasteiger charge is 2.29. The van der Waals surface area contributed by atoms with Gasteiger partial charge in [0.2, 0.25) is 0 Å². The molecule has 0 aliphatic rings. The third kappa shape index (κ3) is 3.65. The van der Waals surface area contributed by atoms with Gasteiger partial charge in [0.05, 0.1) is 18.2 Å². The number of pyridine rings is 1. The van der Waals surface area contributed by atoms with Crippen LogP contribution in [0.3, 0.4) is 0 Å². The Labute approximate surface area is 128 Å². The van der Waals surface area contributed by atoms with Crippen molar-refractivity contribution in [2.75, 3.05) is 11.9 Å². The standard InChI is InChI=1S/C16H20N2O4/c1-10(2)22-11-4-5-13-12(8-11)14(6-7-17-13)18-9-16(3,21)15(19)20/h4-8,10,21H,9H2,1-3H3,(H,17,18)(H,19,20). The molecule has 6 nitrogen and oxygen atoms in total. The molecule has 0 saturated heterocycles. The van der Waals surface area contributed by atoms with Gasteiger partial charge in [0.15, 0.2) is 5.60 Å². The maximum absolute atomic E-state index is 11.0. The number of rotatable bonds is 6. The van der Waals surface area contributed by atoms with Gasteiger partial charge in [-0.15, -0.1) is 0 Å². The van der Waals surface area contributed by atoms with E-state index < -0.39 is 11.6 Å². The van der Waals surface area contributed by atoms with Gasteiger partial charge in [0.1, 0.15) is 5.75 Å². The van der Waals surface area contributed by atoms with Crippen LogP contribution in [0.5, 0.6) is 5.75 Å². The van der Waals surface area contributed by atoms with E-state index >= 15 is 0 Å². The Hall–Kier alpha value is -2.34. The molecule has 0 saturated carbocycles. The second kappa shape index (κ2) is 6.19. The van der Waals surface area contributed by atoms with Crippen LogP contribution in [0.4, 0.5) is 5.69 Å². The maximum atomic E-state index is 11.0. The van der Waals surface area contributed by atoms with E-state index in [1.807, 2.05) is 32.0 Å². The molecule has 22 heavy (non-hydrogen) atoms. The van der Waals surface area contributed by atoms with Gasteiger partial charge in [-0.1, -0.05) is 0 Å². The number of anilines is 1. The molecular formula is C16H20N2O4. The highest BCUT2D eigenvalue weighted by molar-refractivity contribution is 5.92. The molecule has 0 aliphatic heterocycles. The number of carbonyl (C=O) groups is 1. The Bertz CT molecular complexity index is 683. The highest BCUT2D eigenvalue weighted by atomic mass is 16.5. The summed E-state index contributed by atoms with van der Waals surface area (Å²) in [6, 6.07) is 7.26. The van der Waals surface area contributed by atoms with Crippen LogP contribution < -0.4 is 10.1 Å². The third-order valence-corrected chi connectivity index (χ3v) is 3.17. The minimum absolute atomic E-state index is 0.0540. The number of fused-ring (bicyclic) bond motifs is 1. The predicted molar refractivity (Wildman–Crippen MR) is 84.3 cm³/mol. The monoisotopic (exact) mass is 304 g/mol. The summed E-state index contributed by atoms with van der Waals surface area (Å²) in [7, 11) is 0. The molecule has 1 unspecified atom stereocenters. The third-order valence-electron chi connectivity index (χ3n) is 3.17. The summed E-state index contributed by atoms with van der Waals surface area (Å²) in [5.41, 5.74) is -0.390. The van der Waals surface area contributed by atoms with E-state index in [0.29, 0.717) is 11.4 Å². The first-order valence-corrected chi connectivity index (χ1v) is 7.04. The molecule has 118 valence electrons. The van der Waals surface area contributed by atoms with Crippen LogP contribution in [0, 0.1) is 0 Å². The van der Waals surface area contributed by atoms with Crippen molar-refractivity contribution in [2.45, 2.75) is 32.5 Å². The van der Waals surface area contributed by atoms with Gasteiger partial charge in [-0.05, 0) is 45.0 Å². The molecule has 2 aromatic rings. The second-order valence-corrected chi connectivity index (χ2v) is 5.64. The van der Waals surface area contributed by atoms with Crippen LogP contribution in [0.15, 0.2) is 30.5 Å². The number of carboxylic acids is 1.